The molecule has 1 amide bonds. The molecule has 0 aliphatic rings. The van der Waals surface area contributed by atoms with E-state index in [-0.39, 0.29) is 12.5 Å². The van der Waals surface area contributed by atoms with E-state index in [2.05, 4.69) is 10.4 Å². The first-order valence-corrected chi connectivity index (χ1v) is 5.69. The molecule has 0 spiro atoms. The lowest BCUT2D eigenvalue weighted by atomic mass is 10.1. The molecule has 0 saturated carbocycles. The van der Waals surface area contributed by atoms with E-state index in [1.807, 2.05) is 32.0 Å². The van der Waals surface area contributed by atoms with E-state index in [0.717, 1.165) is 16.8 Å². The van der Waals surface area contributed by atoms with Crippen molar-refractivity contribution in [3.05, 3.63) is 41.7 Å². The molecule has 1 aromatic heterocycles. The van der Waals surface area contributed by atoms with Gasteiger partial charge < -0.3 is 11.1 Å². The molecular weight excluding hydrogens is 228 g/mol. The van der Waals surface area contributed by atoms with Crippen molar-refractivity contribution in [2.45, 2.75) is 20.4 Å². The number of benzene rings is 1. The molecule has 0 atom stereocenters. The highest BCUT2D eigenvalue weighted by Gasteiger charge is 2.06. The van der Waals surface area contributed by atoms with E-state index >= 15 is 0 Å². The van der Waals surface area contributed by atoms with Crippen LogP contribution in [0.3, 0.4) is 0 Å². The average molecular weight is 244 g/mol. The third-order valence-corrected chi connectivity index (χ3v) is 2.63. The molecule has 0 radical (unpaired) electrons. The SMILES string of the molecule is Cc1ccc(C)c(NC(=O)Cn2cc(N)cn2)c1. The van der Waals surface area contributed by atoms with Gasteiger partial charge in [0, 0.05) is 11.9 Å². The van der Waals surface area contributed by atoms with Crippen molar-refractivity contribution in [2.75, 3.05) is 11.1 Å². The zero-order chi connectivity index (χ0) is 13.1. The lowest BCUT2D eigenvalue weighted by Gasteiger charge is -2.09. The Labute approximate surface area is 106 Å². The van der Waals surface area contributed by atoms with Gasteiger partial charge in [0.2, 0.25) is 5.91 Å². The van der Waals surface area contributed by atoms with Gasteiger partial charge in [-0.2, -0.15) is 5.10 Å². The largest absolute Gasteiger partial charge is 0.396 e. The van der Waals surface area contributed by atoms with Gasteiger partial charge in [-0.15, -0.1) is 0 Å². The smallest absolute Gasteiger partial charge is 0.246 e. The monoisotopic (exact) mass is 244 g/mol. The fraction of sp³-hybridized carbons (Fsp3) is 0.231. The van der Waals surface area contributed by atoms with Gasteiger partial charge in [-0.3, -0.25) is 9.48 Å². The molecule has 94 valence electrons. The maximum absolute atomic E-state index is 11.8. The van der Waals surface area contributed by atoms with Crippen LogP contribution in [0.2, 0.25) is 0 Å². The van der Waals surface area contributed by atoms with Gasteiger partial charge in [0.05, 0.1) is 11.9 Å². The summed E-state index contributed by atoms with van der Waals surface area (Å²) >= 11 is 0. The second kappa shape index (κ2) is 4.91. The molecule has 5 heteroatoms. The van der Waals surface area contributed by atoms with Gasteiger partial charge in [-0.25, -0.2) is 0 Å². The molecule has 2 aromatic rings. The molecule has 3 N–H and O–H groups in total. The number of anilines is 2. The minimum Gasteiger partial charge on any atom is -0.396 e. The van der Waals surface area contributed by atoms with Crippen LogP contribution in [0.25, 0.3) is 0 Å². The Morgan fingerprint density at radius 3 is 2.89 bits per heavy atom. The predicted molar refractivity (Wildman–Crippen MR) is 71.2 cm³/mol. The molecule has 5 nitrogen and oxygen atoms in total. The molecule has 0 bridgehead atoms. The summed E-state index contributed by atoms with van der Waals surface area (Å²) in [5.41, 5.74) is 9.07. The quantitative estimate of drug-likeness (QED) is 0.863. The number of hydrogen-bond acceptors (Lipinski definition) is 3. The van der Waals surface area contributed by atoms with E-state index < -0.39 is 0 Å². The van der Waals surface area contributed by atoms with Crippen LogP contribution in [0.15, 0.2) is 30.6 Å². The summed E-state index contributed by atoms with van der Waals surface area (Å²) in [5.74, 6) is -0.119. The number of nitrogens with one attached hydrogen (secondary N) is 1. The third kappa shape index (κ3) is 2.88. The highest BCUT2D eigenvalue weighted by Crippen LogP contribution is 2.16. The molecule has 1 heterocycles. The Morgan fingerprint density at radius 1 is 1.44 bits per heavy atom. The van der Waals surface area contributed by atoms with Gasteiger partial charge in [0.15, 0.2) is 0 Å². The number of carbonyl (C=O) groups excluding carboxylic acids is 1. The van der Waals surface area contributed by atoms with Crippen LogP contribution in [-0.2, 0) is 11.3 Å². The fourth-order valence-corrected chi connectivity index (χ4v) is 1.67. The molecular formula is C13H16N4O. The van der Waals surface area contributed by atoms with Gasteiger partial charge in [-0.1, -0.05) is 12.1 Å². The number of amides is 1. The van der Waals surface area contributed by atoms with E-state index in [1.54, 1.807) is 6.20 Å². The van der Waals surface area contributed by atoms with Crippen LogP contribution in [0.1, 0.15) is 11.1 Å². The number of rotatable bonds is 3. The van der Waals surface area contributed by atoms with Crippen LogP contribution in [0, 0.1) is 13.8 Å². The summed E-state index contributed by atoms with van der Waals surface area (Å²) in [6.07, 6.45) is 3.15. The second-order valence-corrected chi connectivity index (χ2v) is 4.34. The van der Waals surface area contributed by atoms with Crippen molar-refractivity contribution >= 4 is 17.3 Å². The van der Waals surface area contributed by atoms with E-state index in [4.69, 9.17) is 5.73 Å². The predicted octanol–water partition coefficient (Wildman–Crippen LogP) is 1.72. The normalized spacial score (nSPS) is 10.3. The van der Waals surface area contributed by atoms with Gasteiger partial charge in [0.25, 0.3) is 0 Å². The molecule has 0 aliphatic carbocycles. The average Bonchev–Trinajstić information content (AvgIpc) is 2.69. The molecule has 1 aromatic carbocycles. The maximum atomic E-state index is 11.8. The van der Waals surface area contributed by atoms with Crippen LogP contribution < -0.4 is 11.1 Å². The van der Waals surface area contributed by atoms with Crippen molar-refractivity contribution in [1.29, 1.82) is 0 Å². The Balaban J connectivity index is 2.05. The molecule has 0 unspecified atom stereocenters. The standard InChI is InChI=1S/C13H16N4O/c1-9-3-4-10(2)12(5-9)16-13(18)8-17-7-11(14)6-15-17/h3-7H,8,14H2,1-2H3,(H,16,18). The minimum atomic E-state index is -0.119. The summed E-state index contributed by atoms with van der Waals surface area (Å²) in [4.78, 5) is 11.8. The zero-order valence-electron chi connectivity index (χ0n) is 10.5. The van der Waals surface area contributed by atoms with Gasteiger partial charge >= 0.3 is 0 Å². The number of nitrogens with two attached hydrogens (primary N) is 1. The molecule has 2 rings (SSSR count). The van der Waals surface area contributed by atoms with Crippen molar-refractivity contribution in [3.63, 3.8) is 0 Å². The first-order valence-electron chi connectivity index (χ1n) is 5.69. The number of hydrogen-bond donors (Lipinski definition) is 2. The summed E-state index contributed by atoms with van der Waals surface area (Å²) in [6, 6.07) is 5.95. The first-order chi connectivity index (χ1) is 8.54. The number of aromatic nitrogens is 2. The second-order valence-electron chi connectivity index (χ2n) is 4.34. The molecule has 0 aliphatic heterocycles. The van der Waals surface area contributed by atoms with Crippen LogP contribution in [-0.4, -0.2) is 15.7 Å². The summed E-state index contributed by atoms with van der Waals surface area (Å²) in [5, 5.41) is 6.84. The fourth-order valence-electron chi connectivity index (χ4n) is 1.67. The summed E-state index contributed by atoms with van der Waals surface area (Å²) < 4.78 is 1.51. The maximum Gasteiger partial charge on any atom is 0.246 e. The van der Waals surface area contributed by atoms with Gasteiger partial charge in [-0.05, 0) is 31.0 Å². The lowest BCUT2D eigenvalue weighted by molar-refractivity contribution is -0.116. The lowest BCUT2D eigenvalue weighted by Crippen LogP contribution is -2.19. The zero-order valence-corrected chi connectivity index (χ0v) is 10.5. The first kappa shape index (κ1) is 12.2. The van der Waals surface area contributed by atoms with Crippen LogP contribution >= 0.6 is 0 Å². The summed E-state index contributed by atoms with van der Waals surface area (Å²) in [6.45, 7) is 4.11. The van der Waals surface area contributed by atoms with Crippen LogP contribution in [0.4, 0.5) is 11.4 Å². The number of nitrogen functional groups attached to an aromatic ring is 1. The molecule has 0 saturated heterocycles. The van der Waals surface area contributed by atoms with E-state index in [1.165, 1.54) is 10.9 Å². The Kier molecular flexibility index (Phi) is 3.32. The third-order valence-electron chi connectivity index (χ3n) is 2.63. The topological polar surface area (TPSA) is 72.9 Å². The Bertz CT molecular complexity index is 574. The summed E-state index contributed by atoms with van der Waals surface area (Å²) in [7, 11) is 0. The molecule has 0 fully saturated rings. The highest BCUT2D eigenvalue weighted by molar-refractivity contribution is 5.91. The molecule has 18 heavy (non-hydrogen) atoms. The van der Waals surface area contributed by atoms with E-state index in [0.29, 0.717) is 5.69 Å². The number of nitrogens with zero attached hydrogens (tertiary/aromatic N) is 2. The Morgan fingerprint density at radius 2 is 2.22 bits per heavy atom. The van der Waals surface area contributed by atoms with E-state index in [9.17, 15) is 4.79 Å². The van der Waals surface area contributed by atoms with Crippen LogP contribution in [0.5, 0.6) is 0 Å². The van der Waals surface area contributed by atoms with Gasteiger partial charge in [0.1, 0.15) is 6.54 Å². The minimum absolute atomic E-state index is 0.119. The van der Waals surface area contributed by atoms with Crippen molar-refractivity contribution in [1.82, 2.24) is 9.78 Å². The van der Waals surface area contributed by atoms with Crippen molar-refractivity contribution in [2.24, 2.45) is 0 Å². The highest BCUT2D eigenvalue weighted by atomic mass is 16.2. The number of aryl methyl sites for hydroxylation is 2. The van der Waals surface area contributed by atoms with Crippen molar-refractivity contribution in [3.8, 4) is 0 Å². The van der Waals surface area contributed by atoms with Crippen molar-refractivity contribution < 1.29 is 4.79 Å². The number of carbonyl (C=O) groups is 1. The Hall–Kier alpha value is -2.30.